The van der Waals surface area contributed by atoms with Crippen LogP contribution in [-0.4, -0.2) is 17.0 Å². The third-order valence-corrected chi connectivity index (χ3v) is 2.80. The molecule has 5 heteroatoms. The number of rotatable bonds is 5. The van der Waals surface area contributed by atoms with E-state index in [0.29, 0.717) is 11.3 Å². The summed E-state index contributed by atoms with van der Waals surface area (Å²) in [5.41, 5.74) is 1.26. The predicted molar refractivity (Wildman–Crippen MR) is 79.2 cm³/mol. The zero-order valence-corrected chi connectivity index (χ0v) is 11.5. The maximum Gasteiger partial charge on any atom is 0.328 e. The summed E-state index contributed by atoms with van der Waals surface area (Å²) in [6.45, 7) is 1.94. The predicted octanol–water partition coefficient (Wildman–Crippen LogP) is 3.19. The number of benzene rings is 1. The molecule has 0 spiro atoms. The summed E-state index contributed by atoms with van der Waals surface area (Å²) >= 11 is 0. The largest absolute Gasteiger partial charge is 0.478 e. The van der Waals surface area contributed by atoms with E-state index >= 15 is 0 Å². The van der Waals surface area contributed by atoms with Gasteiger partial charge in [-0.15, -0.1) is 0 Å². The number of aliphatic carboxylic acids is 1. The summed E-state index contributed by atoms with van der Waals surface area (Å²) in [5, 5.41) is 11.3. The highest BCUT2D eigenvalue weighted by Crippen LogP contribution is 2.15. The number of amides is 1. The van der Waals surface area contributed by atoms with Gasteiger partial charge in [-0.25, -0.2) is 4.79 Å². The first kappa shape index (κ1) is 14.6. The third-order valence-electron chi connectivity index (χ3n) is 2.80. The number of furan rings is 1. The van der Waals surface area contributed by atoms with E-state index in [0.717, 1.165) is 18.3 Å². The van der Waals surface area contributed by atoms with Crippen LogP contribution in [0.15, 0.2) is 46.9 Å². The number of aryl methyl sites for hydroxylation is 1. The second-order valence-corrected chi connectivity index (χ2v) is 4.37. The number of carboxylic acid groups (broad SMARTS) is 1. The number of nitrogens with one attached hydrogen (secondary N) is 1. The third kappa shape index (κ3) is 4.07. The van der Waals surface area contributed by atoms with Crippen LogP contribution in [0.25, 0.3) is 6.08 Å². The molecule has 1 heterocycles. The van der Waals surface area contributed by atoms with Crippen LogP contribution in [0.4, 0.5) is 5.69 Å². The minimum absolute atomic E-state index is 0.248. The highest BCUT2D eigenvalue weighted by atomic mass is 16.4. The average molecular weight is 285 g/mol. The van der Waals surface area contributed by atoms with Crippen LogP contribution in [0, 0.1) is 0 Å². The van der Waals surface area contributed by atoms with Crippen molar-refractivity contribution in [3.05, 3.63) is 59.6 Å². The fourth-order valence-electron chi connectivity index (χ4n) is 1.77. The Morgan fingerprint density at radius 1 is 1.29 bits per heavy atom. The Labute approximate surface area is 121 Å². The molecule has 0 radical (unpaired) electrons. The molecule has 0 unspecified atom stereocenters. The lowest BCUT2D eigenvalue weighted by molar-refractivity contribution is -0.131. The zero-order valence-electron chi connectivity index (χ0n) is 11.5. The number of hydrogen-bond acceptors (Lipinski definition) is 3. The Morgan fingerprint density at radius 3 is 2.76 bits per heavy atom. The highest BCUT2D eigenvalue weighted by molar-refractivity contribution is 6.02. The van der Waals surface area contributed by atoms with Gasteiger partial charge >= 0.3 is 5.97 Å². The maximum absolute atomic E-state index is 12.0. The summed E-state index contributed by atoms with van der Waals surface area (Å²) in [7, 11) is 0. The lowest BCUT2D eigenvalue weighted by Gasteiger charge is -2.04. The molecule has 0 fully saturated rings. The molecule has 5 nitrogen and oxygen atoms in total. The van der Waals surface area contributed by atoms with Gasteiger partial charge in [0.1, 0.15) is 5.76 Å². The van der Waals surface area contributed by atoms with Crippen molar-refractivity contribution in [2.75, 3.05) is 5.32 Å². The molecule has 2 N–H and O–H groups in total. The molecule has 0 saturated carbocycles. The SMILES string of the molecule is CCc1ccc(C(=O)Nc2cccc(C=CC(=O)O)c2)o1. The molecule has 1 amide bonds. The van der Waals surface area contributed by atoms with Gasteiger partial charge < -0.3 is 14.8 Å². The quantitative estimate of drug-likeness (QED) is 0.827. The van der Waals surface area contributed by atoms with Gasteiger partial charge in [0.05, 0.1) is 0 Å². The summed E-state index contributed by atoms with van der Waals surface area (Å²) < 4.78 is 5.37. The van der Waals surface area contributed by atoms with Crippen LogP contribution in [-0.2, 0) is 11.2 Å². The van der Waals surface area contributed by atoms with Crippen LogP contribution < -0.4 is 5.32 Å². The zero-order chi connectivity index (χ0) is 15.2. The van der Waals surface area contributed by atoms with Crippen LogP contribution >= 0.6 is 0 Å². The second-order valence-electron chi connectivity index (χ2n) is 4.37. The standard InChI is InChI=1S/C16H15NO4/c1-2-13-7-8-14(21-13)16(20)17-12-5-3-4-11(10-12)6-9-15(18)19/h3-10H,2H2,1H3,(H,17,20)(H,18,19). The monoisotopic (exact) mass is 285 g/mol. The number of carbonyl (C=O) groups excluding carboxylic acids is 1. The Hall–Kier alpha value is -2.82. The van der Waals surface area contributed by atoms with Crippen molar-refractivity contribution < 1.29 is 19.1 Å². The molecule has 1 aromatic carbocycles. The van der Waals surface area contributed by atoms with Crippen LogP contribution in [0.2, 0.25) is 0 Å². The van der Waals surface area contributed by atoms with Crippen LogP contribution in [0.5, 0.6) is 0 Å². The van der Waals surface area contributed by atoms with Crippen molar-refractivity contribution in [2.45, 2.75) is 13.3 Å². The van der Waals surface area contributed by atoms with Crippen molar-refractivity contribution in [1.29, 1.82) is 0 Å². The van der Waals surface area contributed by atoms with Crippen LogP contribution in [0.3, 0.4) is 0 Å². The molecule has 0 bridgehead atoms. The minimum Gasteiger partial charge on any atom is -0.478 e. The lowest BCUT2D eigenvalue weighted by atomic mass is 10.2. The first-order valence-corrected chi connectivity index (χ1v) is 6.49. The van der Waals surface area contributed by atoms with Crippen molar-refractivity contribution in [1.82, 2.24) is 0 Å². The van der Waals surface area contributed by atoms with Gasteiger partial charge in [0, 0.05) is 18.2 Å². The van der Waals surface area contributed by atoms with Gasteiger partial charge in [0.15, 0.2) is 5.76 Å². The fourth-order valence-corrected chi connectivity index (χ4v) is 1.77. The van der Waals surface area contributed by atoms with E-state index in [9.17, 15) is 9.59 Å². The molecular weight excluding hydrogens is 270 g/mol. The van der Waals surface area contributed by atoms with E-state index in [2.05, 4.69) is 5.32 Å². The van der Waals surface area contributed by atoms with E-state index in [1.165, 1.54) is 6.08 Å². The molecule has 2 rings (SSSR count). The number of carboxylic acids is 1. The van der Waals surface area contributed by atoms with Crippen molar-refractivity contribution >= 4 is 23.6 Å². The van der Waals surface area contributed by atoms with Crippen molar-refractivity contribution in [3.63, 3.8) is 0 Å². The topological polar surface area (TPSA) is 79.5 Å². The van der Waals surface area contributed by atoms with Gasteiger partial charge in [-0.2, -0.15) is 0 Å². The summed E-state index contributed by atoms with van der Waals surface area (Å²) in [6, 6.07) is 10.3. The van der Waals surface area contributed by atoms with E-state index in [-0.39, 0.29) is 11.7 Å². The van der Waals surface area contributed by atoms with E-state index < -0.39 is 5.97 Å². The van der Waals surface area contributed by atoms with Crippen molar-refractivity contribution in [2.24, 2.45) is 0 Å². The van der Waals surface area contributed by atoms with Gasteiger partial charge in [-0.3, -0.25) is 4.79 Å². The van der Waals surface area contributed by atoms with Crippen LogP contribution in [0.1, 0.15) is 28.8 Å². The highest BCUT2D eigenvalue weighted by Gasteiger charge is 2.10. The lowest BCUT2D eigenvalue weighted by Crippen LogP contribution is -2.10. The second kappa shape index (κ2) is 6.56. The number of hydrogen-bond donors (Lipinski definition) is 2. The molecule has 108 valence electrons. The van der Waals surface area contributed by atoms with E-state index in [1.54, 1.807) is 36.4 Å². The molecule has 0 atom stereocenters. The van der Waals surface area contributed by atoms with Gasteiger partial charge in [-0.05, 0) is 35.9 Å². The number of carbonyl (C=O) groups is 2. The number of anilines is 1. The fraction of sp³-hybridized carbons (Fsp3) is 0.125. The first-order chi connectivity index (χ1) is 10.1. The van der Waals surface area contributed by atoms with E-state index in [4.69, 9.17) is 9.52 Å². The molecule has 0 aliphatic rings. The molecule has 21 heavy (non-hydrogen) atoms. The Balaban J connectivity index is 2.10. The Kier molecular flexibility index (Phi) is 4.56. The molecule has 2 aromatic rings. The maximum atomic E-state index is 12.0. The van der Waals surface area contributed by atoms with E-state index in [1.807, 2.05) is 6.92 Å². The molecule has 0 saturated heterocycles. The normalized spacial score (nSPS) is 10.7. The Morgan fingerprint density at radius 2 is 2.10 bits per heavy atom. The molecule has 0 aliphatic heterocycles. The van der Waals surface area contributed by atoms with Gasteiger partial charge in [0.2, 0.25) is 0 Å². The molecular formula is C16H15NO4. The summed E-state index contributed by atoms with van der Waals surface area (Å²) in [5.74, 6) is -0.363. The smallest absolute Gasteiger partial charge is 0.328 e. The van der Waals surface area contributed by atoms with Crippen molar-refractivity contribution in [3.8, 4) is 0 Å². The minimum atomic E-state index is -1.02. The van der Waals surface area contributed by atoms with Gasteiger partial charge in [0.25, 0.3) is 5.91 Å². The molecule has 0 aliphatic carbocycles. The Bertz CT molecular complexity index is 685. The summed E-state index contributed by atoms with van der Waals surface area (Å²) in [6.07, 6.45) is 3.23. The summed E-state index contributed by atoms with van der Waals surface area (Å²) in [4.78, 5) is 22.5. The van der Waals surface area contributed by atoms with Gasteiger partial charge in [-0.1, -0.05) is 19.1 Å². The molecule has 1 aromatic heterocycles. The average Bonchev–Trinajstić information content (AvgIpc) is 2.94. The first-order valence-electron chi connectivity index (χ1n) is 6.49.